The van der Waals surface area contributed by atoms with Gasteiger partial charge in [-0.2, -0.15) is 0 Å². The summed E-state index contributed by atoms with van der Waals surface area (Å²) in [6.07, 6.45) is 0. The first-order valence-corrected chi connectivity index (χ1v) is 6.43. The van der Waals surface area contributed by atoms with E-state index in [0.29, 0.717) is 10.5 Å². The van der Waals surface area contributed by atoms with Gasteiger partial charge >= 0.3 is 7.12 Å². The van der Waals surface area contributed by atoms with Gasteiger partial charge in [0.15, 0.2) is 0 Å². The summed E-state index contributed by atoms with van der Waals surface area (Å²) < 4.78 is 11.7. The Morgan fingerprint density at radius 2 is 1.50 bits per heavy atom. The van der Waals surface area contributed by atoms with Gasteiger partial charge in [0, 0.05) is 10.5 Å². The Bertz CT molecular complexity index is 472. The molecular weight excluding hydrogens is 274 g/mol. The fourth-order valence-corrected chi connectivity index (χ4v) is 2.18. The van der Waals surface area contributed by atoms with Crippen molar-refractivity contribution in [1.29, 1.82) is 0 Å². The standard InChI is InChI=1S/C12H15BCl2O3/c1-11(2)12(3,4)18-13(17-11)7-5-10(16)9(15)6-8(7)14/h5-6,16H,1-4H3. The number of rotatable bonds is 1. The molecule has 0 saturated carbocycles. The molecule has 1 saturated heterocycles. The second kappa shape index (κ2) is 4.31. The van der Waals surface area contributed by atoms with Crippen molar-refractivity contribution < 1.29 is 14.4 Å². The summed E-state index contributed by atoms with van der Waals surface area (Å²) in [5.41, 5.74) is -0.316. The summed E-state index contributed by atoms with van der Waals surface area (Å²) in [7, 11) is -0.606. The fourth-order valence-electron chi connectivity index (χ4n) is 1.70. The number of phenolic OH excluding ortho intramolecular Hbond substituents is 1. The smallest absolute Gasteiger partial charge is 0.496 e. The molecule has 1 aliphatic rings. The highest BCUT2D eigenvalue weighted by molar-refractivity contribution is 6.66. The maximum atomic E-state index is 9.64. The third kappa shape index (κ3) is 2.23. The van der Waals surface area contributed by atoms with Crippen LogP contribution in [0.4, 0.5) is 0 Å². The van der Waals surface area contributed by atoms with Crippen molar-refractivity contribution in [1.82, 2.24) is 0 Å². The normalized spacial score (nSPS) is 21.3. The van der Waals surface area contributed by atoms with Crippen LogP contribution in [0.2, 0.25) is 10.0 Å². The van der Waals surface area contributed by atoms with Crippen LogP contribution in [0.1, 0.15) is 27.7 Å². The van der Waals surface area contributed by atoms with Crippen LogP contribution in [0.25, 0.3) is 0 Å². The Labute approximate surface area is 117 Å². The predicted molar refractivity (Wildman–Crippen MR) is 73.8 cm³/mol. The maximum absolute atomic E-state index is 9.64. The zero-order valence-corrected chi connectivity index (χ0v) is 12.3. The van der Waals surface area contributed by atoms with Crippen molar-refractivity contribution >= 4 is 35.8 Å². The molecule has 0 aliphatic carbocycles. The topological polar surface area (TPSA) is 38.7 Å². The minimum absolute atomic E-state index is 0.0363. The first-order valence-electron chi connectivity index (χ1n) is 5.67. The fraction of sp³-hybridized carbons (Fsp3) is 0.500. The monoisotopic (exact) mass is 288 g/mol. The van der Waals surface area contributed by atoms with Crippen molar-refractivity contribution in [2.24, 2.45) is 0 Å². The van der Waals surface area contributed by atoms with Gasteiger partial charge in [0.05, 0.1) is 16.2 Å². The third-order valence-electron chi connectivity index (χ3n) is 3.57. The lowest BCUT2D eigenvalue weighted by molar-refractivity contribution is 0.00578. The minimum atomic E-state index is -0.606. The van der Waals surface area contributed by atoms with Crippen LogP contribution >= 0.6 is 23.2 Å². The maximum Gasteiger partial charge on any atom is 0.496 e. The Balaban J connectivity index is 2.38. The Morgan fingerprint density at radius 1 is 1.00 bits per heavy atom. The van der Waals surface area contributed by atoms with Gasteiger partial charge in [-0.1, -0.05) is 23.2 Å². The lowest BCUT2D eigenvalue weighted by Crippen LogP contribution is -2.41. The van der Waals surface area contributed by atoms with Gasteiger partial charge in [-0.15, -0.1) is 0 Å². The van der Waals surface area contributed by atoms with Crippen molar-refractivity contribution in [2.75, 3.05) is 0 Å². The van der Waals surface area contributed by atoms with Crippen molar-refractivity contribution in [3.8, 4) is 5.75 Å². The van der Waals surface area contributed by atoms with Crippen LogP contribution in [0.15, 0.2) is 12.1 Å². The second-order valence-electron chi connectivity index (χ2n) is 5.41. The summed E-state index contributed by atoms with van der Waals surface area (Å²) in [6.45, 7) is 7.82. The molecule has 98 valence electrons. The van der Waals surface area contributed by atoms with Crippen LogP contribution in [0, 0.1) is 0 Å². The molecule has 1 fully saturated rings. The molecule has 0 spiro atoms. The number of aromatic hydroxyl groups is 1. The summed E-state index contributed by atoms with van der Waals surface area (Å²) in [5.74, 6) is -0.0363. The highest BCUT2D eigenvalue weighted by Crippen LogP contribution is 2.37. The highest BCUT2D eigenvalue weighted by atomic mass is 35.5. The molecule has 1 N–H and O–H groups in total. The van der Waals surface area contributed by atoms with E-state index in [0.717, 1.165) is 0 Å². The first-order chi connectivity index (χ1) is 8.14. The third-order valence-corrected chi connectivity index (χ3v) is 4.20. The largest absolute Gasteiger partial charge is 0.506 e. The van der Waals surface area contributed by atoms with Gasteiger partial charge in [0.2, 0.25) is 0 Å². The Kier molecular flexibility index (Phi) is 3.35. The van der Waals surface area contributed by atoms with Crippen LogP contribution < -0.4 is 5.46 Å². The molecule has 1 heterocycles. The van der Waals surface area contributed by atoms with Crippen molar-refractivity contribution in [2.45, 2.75) is 38.9 Å². The zero-order chi connectivity index (χ0) is 13.7. The average Bonchev–Trinajstić information content (AvgIpc) is 2.42. The van der Waals surface area contributed by atoms with E-state index in [2.05, 4.69) is 0 Å². The van der Waals surface area contributed by atoms with E-state index in [1.165, 1.54) is 12.1 Å². The number of benzene rings is 1. The van der Waals surface area contributed by atoms with E-state index >= 15 is 0 Å². The number of hydrogen-bond donors (Lipinski definition) is 1. The quantitative estimate of drug-likeness (QED) is 0.808. The van der Waals surface area contributed by atoms with E-state index < -0.39 is 18.3 Å². The molecule has 1 aromatic carbocycles. The SMILES string of the molecule is CC1(C)OB(c2cc(O)c(Cl)cc2Cl)OC1(C)C. The molecule has 2 rings (SSSR count). The lowest BCUT2D eigenvalue weighted by Gasteiger charge is -2.32. The van der Waals surface area contributed by atoms with Gasteiger partial charge < -0.3 is 14.4 Å². The van der Waals surface area contributed by atoms with E-state index in [1.54, 1.807) is 0 Å². The number of hydrogen-bond acceptors (Lipinski definition) is 3. The van der Waals surface area contributed by atoms with Crippen molar-refractivity contribution in [3.63, 3.8) is 0 Å². The molecule has 0 radical (unpaired) electrons. The summed E-state index contributed by atoms with van der Waals surface area (Å²) >= 11 is 11.9. The zero-order valence-electron chi connectivity index (χ0n) is 10.8. The Morgan fingerprint density at radius 3 is 2.00 bits per heavy atom. The van der Waals surface area contributed by atoms with E-state index in [1.807, 2.05) is 27.7 Å². The molecule has 18 heavy (non-hydrogen) atoms. The van der Waals surface area contributed by atoms with Gasteiger partial charge in [-0.05, 0) is 39.8 Å². The van der Waals surface area contributed by atoms with Gasteiger partial charge in [0.1, 0.15) is 5.75 Å². The van der Waals surface area contributed by atoms with Crippen LogP contribution in [-0.4, -0.2) is 23.4 Å². The molecule has 6 heteroatoms. The van der Waals surface area contributed by atoms with Crippen LogP contribution in [0.5, 0.6) is 5.75 Å². The van der Waals surface area contributed by atoms with Crippen LogP contribution in [0.3, 0.4) is 0 Å². The van der Waals surface area contributed by atoms with Gasteiger partial charge in [-0.3, -0.25) is 0 Å². The van der Waals surface area contributed by atoms with E-state index in [9.17, 15) is 5.11 Å². The van der Waals surface area contributed by atoms with Crippen LogP contribution in [-0.2, 0) is 9.31 Å². The average molecular weight is 289 g/mol. The van der Waals surface area contributed by atoms with Crippen molar-refractivity contribution in [3.05, 3.63) is 22.2 Å². The summed E-state index contributed by atoms with van der Waals surface area (Å²) in [4.78, 5) is 0. The second-order valence-corrected chi connectivity index (χ2v) is 6.23. The minimum Gasteiger partial charge on any atom is -0.506 e. The molecule has 0 bridgehead atoms. The van der Waals surface area contributed by atoms with Gasteiger partial charge in [-0.25, -0.2) is 0 Å². The van der Waals surface area contributed by atoms with E-state index in [4.69, 9.17) is 32.5 Å². The number of halogens is 2. The molecule has 0 unspecified atom stereocenters. The molecule has 1 aromatic rings. The highest BCUT2D eigenvalue weighted by Gasteiger charge is 2.52. The summed E-state index contributed by atoms with van der Waals surface area (Å²) in [5, 5.41) is 10.3. The summed E-state index contributed by atoms with van der Waals surface area (Å²) in [6, 6.07) is 2.96. The lowest BCUT2D eigenvalue weighted by atomic mass is 9.79. The van der Waals surface area contributed by atoms with Gasteiger partial charge in [0.25, 0.3) is 0 Å². The Hall–Kier alpha value is -0.415. The van der Waals surface area contributed by atoms with E-state index in [-0.39, 0.29) is 10.8 Å². The molecular formula is C12H15BCl2O3. The predicted octanol–water partition coefficient (Wildman–Crippen LogP) is 3.00. The molecule has 0 aromatic heterocycles. The number of phenols is 1. The molecule has 1 aliphatic heterocycles. The molecule has 0 atom stereocenters. The first kappa shape index (κ1) is 14.0. The molecule has 3 nitrogen and oxygen atoms in total. The molecule has 0 amide bonds.